The van der Waals surface area contributed by atoms with Gasteiger partial charge >= 0.3 is 5.97 Å². The number of carboxylic acid groups (broad SMARTS) is 1. The molecular formula is C12H22N2O2. The second-order valence-corrected chi connectivity index (χ2v) is 6.48. The van der Waals surface area contributed by atoms with Crippen molar-refractivity contribution in [3.63, 3.8) is 0 Å². The molecule has 4 nitrogen and oxygen atoms in total. The summed E-state index contributed by atoms with van der Waals surface area (Å²) in [4.78, 5) is 10.9. The monoisotopic (exact) mass is 226 g/mol. The van der Waals surface area contributed by atoms with Crippen LogP contribution in [0.15, 0.2) is 0 Å². The number of carbonyl (C=O) groups is 1. The summed E-state index contributed by atoms with van der Waals surface area (Å²) >= 11 is 0. The van der Waals surface area contributed by atoms with E-state index in [2.05, 4.69) is 38.3 Å². The summed E-state index contributed by atoms with van der Waals surface area (Å²) in [5.41, 5.74) is 0.295. The molecule has 0 aromatic carbocycles. The SMILES string of the molecule is CC1(C)C(NC2(CC(=O)O)CNC2)C1(C)C. The molecule has 16 heavy (non-hydrogen) atoms. The van der Waals surface area contributed by atoms with Crippen LogP contribution in [-0.4, -0.2) is 35.7 Å². The molecule has 0 aromatic heterocycles. The van der Waals surface area contributed by atoms with E-state index < -0.39 is 5.97 Å². The van der Waals surface area contributed by atoms with Gasteiger partial charge in [0.15, 0.2) is 0 Å². The maximum Gasteiger partial charge on any atom is 0.305 e. The first-order chi connectivity index (χ1) is 7.21. The average molecular weight is 226 g/mol. The Balaban J connectivity index is 2.02. The van der Waals surface area contributed by atoms with E-state index in [1.165, 1.54) is 0 Å². The van der Waals surface area contributed by atoms with Crippen molar-refractivity contribution in [2.24, 2.45) is 10.8 Å². The van der Waals surface area contributed by atoms with Crippen LogP contribution in [0.25, 0.3) is 0 Å². The smallest absolute Gasteiger partial charge is 0.305 e. The van der Waals surface area contributed by atoms with Gasteiger partial charge in [-0.25, -0.2) is 0 Å². The number of nitrogens with one attached hydrogen (secondary N) is 2. The first kappa shape index (κ1) is 11.9. The van der Waals surface area contributed by atoms with Crippen molar-refractivity contribution >= 4 is 5.97 Å². The molecule has 2 fully saturated rings. The van der Waals surface area contributed by atoms with Gasteiger partial charge in [-0.05, 0) is 10.8 Å². The molecule has 1 aliphatic carbocycles. The van der Waals surface area contributed by atoms with Crippen LogP contribution in [-0.2, 0) is 4.79 Å². The lowest BCUT2D eigenvalue weighted by Gasteiger charge is -2.43. The summed E-state index contributed by atoms with van der Waals surface area (Å²) in [6.45, 7) is 10.5. The third-order valence-electron chi connectivity index (χ3n) is 4.89. The van der Waals surface area contributed by atoms with Gasteiger partial charge in [0.25, 0.3) is 0 Å². The van der Waals surface area contributed by atoms with E-state index in [0.29, 0.717) is 6.04 Å². The Labute approximate surface area is 96.8 Å². The zero-order chi connectivity index (χ0) is 12.2. The lowest BCUT2D eigenvalue weighted by Crippen LogP contribution is -2.69. The minimum Gasteiger partial charge on any atom is -0.481 e. The number of carboxylic acids is 1. The Morgan fingerprint density at radius 2 is 1.81 bits per heavy atom. The maximum atomic E-state index is 10.9. The number of hydrogen-bond acceptors (Lipinski definition) is 3. The van der Waals surface area contributed by atoms with Crippen LogP contribution in [0.3, 0.4) is 0 Å². The fourth-order valence-electron chi connectivity index (χ4n) is 2.86. The predicted octanol–water partition coefficient (Wildman–Crippen LogP) is 0.827. The number of rotatable bonds is 4. The van der Waals surface area contributed by atoms with Crippen LogP contribution in [0.1, 0.15) is 34.1 Å². The molecule has 4 heteroatoms. The van der Waals surface area contributed by atoms with Crippen molar-refractivity contribution in [2.75, 3.05) is 13.1 Å². The summed E-state index contributed by atoms with van der Waals surface area (Å²) in [7, 11) is 0. The largest absolute Gasteiger partial charge is 0.481 e. The molecule has 1 aliphatic heterocycles. The number of hydrogen-bond donors (Lipinski definition) is 3. The first-order valence-electron chi connectivity index (χ1n) is 5.92. The highest BCUT2D eigenvalue weighted by atomic mass is 16.4. The van der Waals surface area contributed by atoms with E-state index in [1.807, 2.05) is 0 Å². The first-order valence-corrected chi connectivity index (χ1v) is 5.92. The molecule has 2 rings (SSSR count). The van der Waals surface area contributed by atoms with Gasteiger partial charge in [0.05, 0.1) is 12.0 Å². The van der Waals surface area contributed by atoms with E-state index in [4.69, 9.17) is 5.11 Å². The summed E-state index contributed by atoms with van der Waals surface area (Å²) in [5, 5.41) is 15.7. The minimum atomic E-state index is -0.717. The lowest BCUT2D eigenvalue weighted by atomic mass is 9.88. The molecule has 1 saturated heterocycles. The highest BCUT2D eigenvalue weighted by Gasteiger charge is 2.66. The van der Waals surface area contributed by atoms with Crippen molar-refractivity contribution in [3.8, 4) is 0 Å². The molecule has 0 amide bonds. The predicted molar refractivity (Wildman–Crippen MR) is 62.3 cm³/mol. The van der Waals surface area contributed by atoms with Crippen molar-refractivity contribution in [2.45, 2.75) is 45.7 Å². The standard InChI is InChI=1S/C12H22N2O2/c1-10(2)9(11(10,3)4)14-12(5-8(15)16)6-13-7-12/h9,13-14H,5-7H2,1-4H3,(H,15,16). The van der Waals surface area contributed by atoms with Crippen LogP contribution in [0.2, 0.25) is 0 Å². The molecular weight excluding hydrogens is 204 g/mol. The molecule has 3 N–H and O–H groups in total. The molecule has 0 aromatic rings. The Morgan fingerprint density at radius 1 is 1.31 bits per heavy atom. The molecule has 0 radical (unpaired) electrons. The average Bonchev–Trinajstić information content (AvgIpc) is 2.42. The van der Waals surface area contributed by atoms with Crippen molar-refractivity contribution in [3.05, 3.63) is 0 Å². The quantitative estimate of drug-likeness (QED) is 0.664. The Kier molecular flexibility index (Phi) is 2.37. The van der Waals surface area contributed by atoms with E-state index in [0.717, 1.165) is 13.1 Å². The van der Waals surface area contributed by atoms with Gasteiger partial charge in [-0.1, -0.05) is 27.7 Å². The van der Waals surface area contributed by atoms with E-state index in [-0.39, 0.29) is 22.8 Å². The fraction of sp³-hybridized carbons (Fsp3) is 0.917. The van der Waals surface area contributed by atoms with Crippen LogP contribution in [0.4, 0.5) is 0 Å². The highest BCUT2D eigenvalue weighted by Crippen LogP contribution is 2.63. The molecule has 0 bridgehead atoms. The van der Waals surface area contributed by atoms with Crippen molar-refractivity contribution < 1.29 is 9.90 Å². The minimum absolute atomic E-state index is 0.211. The van der Waals surface area contributed by atoms with Gasteiger partial charge < -0.3 is 15.7 Å². The third kappa shape index (κ3) is 1.55. The van der Waals surface area contributed by atoms with Crippen molar-refractivity contribution in [1.82, 2.24) is 10.6 Å². The lowest BCUT2D eigenvalue weighted by molar-refractivity contribution is -0.139. The van der Waals surface area contributed by atoms with Crippen molar-refractivity contribution in [1.29, 1.82) is 0 Å². The van der Waals surface area contributed by atoms with Gasteiger partial charge in [0.2, 0.25) is 0 Å². The second kappa shape index (κ2) is 3.20. The highest BCUT2D eigenvalue weighted by molar-refractivity contribution is 5.69. The van der Waals surface area contributed by atoms with Gasteiger partial charge in [0.1, 0.15) is 0 Å². The molecule has 1 heterocycles. The second-order valence-electron chi connectivity index (χ2n) is 6.48. The van der Waals surface area contributed by atoms with Gasteiger partial charge in [-0.15, -0.1) is 0 Å². The Bertz CT molecular complexity index is 305. The van der Waals surface area contributed by atoms with Crippen LogP contribution < -0.4 is 10.6 Å². The van der Waals surface area contributed by atoms with Gasteiger partial charge in [0, 0.05) is 19.1 Å². The molecule has 1 saturated carbocycles. The van der Waals surface area contributed by atoms with Gasteiger partial charge in [-0.2, -0.15) is 0 Å². The fourth-order valence-corrected chi connectivity index (χ4v) is 2.86. The van der Waals surface area contributed by atoms with E-state index in [1.54, 1.807) is 0 Å². The normalized spacial score (nSPS) is 29.5. The van der Waals surface area contributed by atoms with E-state index in [9.17, 15) is 4.79 Å². The molecule has 92 valence electrons. The van der Waals surface area contributed by atoms with Crippen LogP contribution in [0.5, 0.6) is 0 Å². The third-order valence-corrected chi connectivity index (χ3v) is 4.89. The summed E-state index contributed by atoms with van der Waals surface area (Å²) in [5.74, 6) is -0.717. The Hall–Kier alpha value is -0.610. The van der Waals surface area contributed by atoms with Crippen LogP contribution >= 0.6 is 0 Å². The Morgan fingerprint density at radius 3 is 2.06 bits per heavy atom. The summed E-state index contributed by atoms with van der Waals surface area (Å²) in [6, 6.07) is 0.418. The van der Waals surface area contributed by atoms with Gasteiger partial charge in [-0.3, -0.25) is 4.79 Å². The summed E-state index contributed by atoms with van der Waals surface area (Å²) in [6.07, 6.45) is 0.211. The maximum absolute atomic E-state index is 10.9. The van der Waals surface area contributed by atoms with E-state index >= 15 is 0 Å². The zero-order valence-electron chi connectivity index (χ0n) is 10.6. The molecule has 0 spiro atoms. The topological polar surface area (TPSA) is 61.4 Å². The number of aliphatic carboxylic acids is 1. The molecule has 0 unspecified atom stereocenters. The molecule has 0 atom stereocenters. The molecule has 2 aliphatic rings. The summed E-state index contributed by atoms with van der Waals surface area (Å²) < 4.78 is 0. The zero-order valence-corrected chi connectivity index (χ0v) is 10.6. The van der Waals surface area contributed by atoms with Crippen LogP contribution in [0, 0.1) is 10.8 Å².